The van der Waals surface area contributed by atoms with E-state index in [9.17, 15) is 9.59 Å². The maximum atomic E-state index is 12.6. The van der Waals surface area contributed by atoms with E-state index in [0.29, 0.717) is 31.9 Å². The minimum absolute atomic E-state index is 0.0358. The molecule has 0 radical (unpaired) electrons. The van der Waals surface area contributed by atoms with Gasteiger partial charge in [-0.05, 0) is 19.4 Å². The molecule has 0 aliphatic carbocycles. The van der Waals surface area contributed by atoms with Crippen LogP contribution in [0.3, 0.4) is 0 Å². The van der Waals surface area contributed by atoms with Crippen LogP contribution in [0.25, 0.3) is 0 Å². The fourth-order valence-corrected chi connectivity index (χ4v) is 3.38. The number of aryl methyl sites for hydroxylation is 1. The topological polar surface area (TPSA) is 63.0 Å². The molecule has 0 aromatic carbocycles. The van der Waals surface area contributed by atoms with Gasteiger partial charge in [0.1, 0.15) is 0 Å². The molecule has 3 heterocycles. The van der Waals surface area contributed by atoms with E-state index in [4.69, 9.17) is 9.15 Å². The second kappa shape index (κ2) is 5.52. The van der Waals surface area contributed by atoms with Crippen LogP contribution in [0.4, 0.5) is 0 Å². The van der Waals surface area contributed by atoms with E-state index in [2.05, 4.69) is 0 Å². The number of fused-ring (bicyclic) bond motifs is 1. The predicted octanol–water partition coefficient (Wildman–Crippen LogP) is 1.05. The molecule has 0 N–H and O–H groups in total. The Hall–Kier alpha value is -1.82. The number of ether oxygens (including phenoxy) is 1. The molecule has 2 fully saturated rings. The molecule has 0 unspecified atom stereocenters. The van der Waals surface area contributed by atoms with E-state index in [1.807, 2.05) is 11.8 Å². The maximum Gasteiger partial charge on any atom is 0.290 e. The van der Waals surface area contributed by atoms with Gasteiger partial charge in [-0.15, -0.1) is 0 Å². The lowest BCUT2D eigenvalue weighted by Crippen LogP contribution is -2.40. The molecule has 2 aliphatic rings. The molecule has 2 amide bonds. The number of carbonyl (C=O) groups is 2. The van der Waals surface area contributed by atoms with Gasteiger partial charge in [0.2, 0.25) is 5.91 Å². The molecule has 6 nitrogen and oxygen atoms in total. The van der Waals surface area contributed by atoms with Crippen molar-refractivity contribution >= 4 is 11.8 Å². The fraction of sp³-hybridized carbons (Fsp3) is 0.600. The van der Waals surface area contributed by atoms with Gasteiger partial charge in [-0.2, -0.15) is 0 Å². The third-order valence-electron chi connectivity index (χ3n) is 4.47. The summed E-state index contributed by atoms with van der Waals surface area (Å²) in [5, 5.41) is 0. The summed E-state index contributed by atoms with van der Waals surface area (Å²) in [6.45, 7) is 3.65. The Labute approximate surface area is 123 Å². The van der Waals surface area contributed by atoms with Crippen molar-refractivity contribution in [2.45, 2.75) is 31.8 Å². The number of carbonyl (C=O) groups excluding carboxylic acids is 2. The normalized spacial score (nSPS) is 24.8. The largest absolute Gasteiger partial charge is 0.459 e. The molecular formula is C15H20N2O4. The summed E-state index contributed by atoms with van der Waals surface area (Å²) < 4.78 is 10.4. The zero-order valence-electron chi connectivity index (χ0n) is 12.4. The van der Waals surface area contributed by atoms with Gasteiger partial charge < -0.3 is 19.0 Å². The van der Waals surface area contributed by atoms with Crippen molar-refractivity contribution in [3.05, 3.63) is 23.7 Å². The highest BCUT2D eigenvalue weighted by Crippen LogP contribution is 2.33. The highest BCUT2D eigenvalue weighted by Gasteiger charge is 2.48. The molecule has 2 aliphatic heterocycles. The maximum absolute atomic E-state index is 12.6. The number of methoxy groups -OCH3 is 1. The lowest BCUT2D eigenvalue weighted by atomic mass is 10.1. The first-order chi connectivity index (χ1) is 10.1. The van der Waals surface area contributed by atoms with Crippen LogP contribution in [0.15, 0.2) is 16.7 Å². The summed E-state index contributed by atoms with van der Waals surface area (Å²) >= 11 is 0. The summed E-state index contributed by atoms with van der Waals surface area (Å²) in [6, 6.07) is 1.86. The Morgan fingerprint density at radius 3 is 2.95 bits per heavy atom. The van der Waals surface area contributed by atoms with Gasteiger partial charge in [0.15, 0.2) is 5.76 Å². The van der Waals surface area contributed by atoms with Gasteiger partial charge in [-0.3, -0.25) is 9.59 Å². The molecule has 0 saturated carbocycles. The average molecular weight is 292 g/mol. The first-order valence-electron chi connectivity index (χ1n) is 7.27. The van der Waals surface area contributed by atoms with Gasteiger partial charge in [0.05, 0.1) is 25.0 Å². The van der Waals surface area contributed by atoms with Crippen molar-refractivity contribution in [1.29, 1.82) is 0 Å². The molecular weight excluding hydrogens is 272 g/mol. The van der Waals surface area contributed by atoms with Crippen molar-refractivity contribution in [2.75, 3.05) is 26.8 Å². The Morgan fingerprint density at radius 1 is 1.48 bits per heavy atom. The summed E-state index contributed by atoms with van der Waals surface area (Å²) in [5.74, 6) is 0.389. The van der Waals surface area contributed by atoms with Crippen LogP contribution in [0.1, 0.15) is 29.0 Å². The molecule has 6 heteroatoms. The molecule has 114 valence electrons. The van der Waals surface area contributed by atoms with Crippen LogP contribution in [-0.2, 0) is 9.53 Å². The van der Waals surface area contributed by atoms with Crippen molar-refractivity contribution < 1.29 is 18.7 Å². The van der Waals surface area contributed by atoms with Crippen LogP contribution in [-0.4, -0.2) is 60.5 Å². The van der Waals surface area contributed by atoms with E-state index in [1.165, 1.54) is 6.26 Å². The smallest absolute Gasteiger partial charge is 0.290 e. The quantitative estimate of drug-likeness (QED) is 0.832. The summed E-state index contributed by atoms with van der Waals surface area (Å²) in [5.41, 5.74) is 0.837. The second-order valence-electron chi connectivity index (χ2n) is 5.64. The first-order valence-corrected chi connectivity index (χ1v) is 7.27. The van der Waals surface area contributed by atoms with Gasteiger partial charge in [0, 0.05) is 32.2 Å². The fourth-order valence-electron chi connectivity index (χ4n) is 3.38. The van der Waals surface area contributed by atoms with Crippen molar-refractivity contribution in [3.8, 4) is 0 Å². The van der Waals surface area contributed by atoms with Gasteiger partial charge >= 0.3 is 0 Å². The molecule has 1 aromatic rings. The zero-order valence-corrected chi connectivity index (χ0v) is 12.4. The van der Waals surface area contributed by atoms with Crippen LogP contribution in [0, 0.1) is 6.92 Å². The first kappa shape index (κ1) is 14.1. The van der Waals surface area contributed by atoms with Crippen LogP contribution >= 0.6 is 0 Å². The van der Waals surface area contributed by atoms with Crippen molar-refractivity contribution in [3.63, 3.8) is 0 Å². The number of rotatable bonds is 4. The number of furan rings is 1. The van der Waals surface area contributed by atoms with Crippen molar-refractivity contribution in [1.82, 2.24) is 9.80 Å². The summed E-state index contributed by atoms with van der Waals surface area (Å²) in [6.07, 6.45) is 2.76. The van der Waals surface area contributed by atoms with Crippen LogP contribution in [0.2, 0.25) is 0 Å². The number of hydrogen-bond donors (Lipinski definition) is 0. The SMILES string of the molecule is COCCN1C(=O)C[C@@H]2[C@H]1CCN2C(=O)c1occc1C. The highest BCUT2D eigenvalue weighted by molar-refractivity contribution is 5.94. The van der Waals surface area contributed by atoms with Gasteiger partial charge in [0.25, 0.3) is 5.91 Å². The van der Waals surface area contributed by atoms with E-state index in [-0.39, 0.29) is 23.9 Å². The van der Waals surface area contributed by atoms with Gasteiger partial charge in [-0.25, -0.2) is 0 Å². The second-order valence-corrected chi connectivity index (χ2v) is 5.64. The Bertz CT molecular complexity index is 554. The molecule has 1 aromatic heterocycles. The van der Waals surface area contributed by atoms with Crippen molar-refractivity contribution in [2.24, 2.45) is 0 Å². The number of hydrogen-bond acceptors (Lipinski definition) is 4. The monoisotopic (exact) mass is 292 g/mol. The van der Waals surface area contributed by atoms with E-state index in [1.54, 1.807) is 18.1 Å². The lowest BCUT2D eigenvalue weighted by molar-refractivity contribution is -0.129. The molecule has 0 bridgehead atoms. The molecule has 3 rings (SSSR count). The predicted molar refractivity (Wildman–Crippen MR) is 74.9 cm³/mol. The minimum atomic E-state index is -0.105. The number of amides is 2. The van der Waals surface area contributed by atoms with Crippen LogP contribution in [0.5, 0.6) is 0 Å². The zero-order chi connectivity index (χ0) is 15.0. The lowest BCUT2D eigenvalue weighted by Gasteiger charge is -2.24. The van der Waals surface area contributed by atoms with Crippen LogP contribution < -0.4 is 0 Å². The third-order valence-corrected chi connectivity index (χ3v) is 4.47. The highest BCUT2D eigenvalue weighted by atomic mass is 16.5. The molecule has 2 saturated heterocycles. The number of likely N-dealkylation sites (tertiary alicyclic amines) is 2. The number of nitrogens with zero attached hydrogens (tertiary/aromatic N) is 2. The standard InChI is InChI=1S/C15H20N2O4/c1-10-4-7-21-14(10)15(19)17-5-3-11-12(17)9-13(18)16(11)6-8-20-2/h4,7,11-12H,3,5-6,8-9H2,1-2H3/t11-,12-/m1/s1. The Balaban J connectivity index is 1.75. The molecule has 0 spiro atoms. The van der Waals surface area contributed by atoms with E-state index >= 15 is 0 Å². The Kier molecular flexibility index (Phi) is 3.71. The van der Waals surface area contributed by atoms with E-state index in [0.717, 1.165) is 12.0 Å². The Morgan fingerprint density at radius 2 is 2.29 bits per heavy atom. The van der Waals surface area contributed by atoms with E-state index < -0.39 is 0 Å². The summed E-state index contributed by atoms with van der Waals surface area (Å²) in [7, 11) is 1.63. The third kappa shape index (κ3) is 2.33. The van der Waals surface area contributed by atoms with Gasteiger partial charge in [-0.1, -0.05) is 0 Å². The average Bonchev–Trinajstić information content (AvgIpc) is 3.12. The summed E-state index contributed by atoms with van der Waals surface area (Å²) in [4.78, 5) is 28.4. The molecule has 21 heavy (non-hydrogen) atoms. The minimum Gasteiger partial charge on any atom is -0.459 e. The molecule has 2 atom stereocenters.